The number of ether oxygens (including phenoxy) is 1. The third-order valence-corrected chi connectivity index (χ3v) is 5.59. The second-order valence-corrected chi connectivity index (χ2v) is 7.95. The number of benzene rings is 1. The summed E-state index contributed by atoms with van der Waals surface area (Å²) in [4.78, 5) is 14.6. The highest BCUT2D eigenvalue weighted by molar-refractivity contribution is 7.20. The molecule has 134 valence electrons. The number of carbonyl (C=O) groups is 1. The first-order valence-corrected chi connectivity index (χ1v) is 9.42. The zero-order valence-corrected chi connectivity index (χ0v) is 15.6. The number of nitrogens with one attached hydrogen (secondary N) is 1. The van der Waals surface area contributed by atoms with Crippen molar-refractivity contribution >= 4 is 40.4 Å². The van der Waals surface area contributed by atoms with E-state index in [1.807, 2.05) is 0 Å². The van der Waals surface area contributed by atoms with Crippen LogP contribution in [0.25, 0.3) is 0 Å². The van der Waals surface area contributed by atoms with Crippen molar-refractivity contribution in [3.8, 4) is 0 Å². The van der Waals surface area contributed by atoms with Gasteiger partial charge in [0.25, 0.3) is 5.91 Å². The predicted octanol–water partition coefficient (Wildman–Crippen LogP) is 4.00. The Morgan fingerprint density at radius 1 is 1.28 bits per heavy atom. The van der Waals surface area contributed by atoms with Crippen molar-refractivity contribution in [3.05, 3.63) is 55.9 Å². The van der Waals surface area contributed by atoms with Gasteiger partial charge in [-0.15, -0.1) is 11.3 Å². The Morgan fingerprint density at radius 3 is 2.56 bits per heavy atom. The molecule has 1 aliphatic rings. The number of nitrogens with zero attached hydrogens (tertiary/aromatic N) is 1. The molecule has 0 spiro atoms. The monoisotopic (exact) mass is 402 g/mol. The molecule has 0 bridgehead atoms. The van der Waals surface area contributed by atoms with Crippen LogP contribution in [-0.4, -0.2) is 43.7 Å². The SMILES string of the molecule is O=C(NCC(c1ccc(F)cc1)N1CCOCC1)c1cc(Cl)sc1Cl. The van der Waals surface area contributed by atoms with Gasteiger partial charge in [0.05, 0.1) is 29.2 Å². The van der Waals surface area contributed by atoms with E-state index in [9.17, 15) is 9.18 Å². The highest BCUT2D eigenvalue weighted by Gasteiger charge is 2.24. The fourth-order valence-corrected chi connectivity index (χ4v) is 4.27. The van der Waals surface area contributed by atoms with Gasteiger partial charge in [0.15, 0.2) is 0 Å². The van der Waals surface area contributed by atoms with Gasteiger partial charge < -0.3 is 10.1 Å². The minimum atomic E-state index is -0.284. The molecule has 2 aromatic rings. The quantitative estimate of drug-likeness (QED) is 0.821. The number of carbonyl (C=O) groups excluding carboxylic acids is 1. The van der Waals surface area contributed by atoms with Gasteiger partial charge in [-0.2, -0.15) is 0 Å². The van der Waals surface area contributed by atoms with Crippen LogP contribution in [0.2, 0.25) is 8.67 Å². The highest BCUT2D eigenvalue weighted by atomic mass is 35.5. The minimum absolute atomic E-state index is 0.0682. The molecule has 0 radical (unpaired) electrons. The van der Waals surface area contributed by atoms with Gasteiger partial charge >= 0.3 is 0 Å². The number of morpholine rings is 1. The van der Waals surface area contributed by atoms with Crippen LogP contribution in [0.1, 0.15) is 22.0 Å². The van der Waals surface area contributed by atoms with E-state index >= 15 is 0 Å². The Morgan fingerprint density at radius 2 is 1.96 bits per heavy atom. The topological polar surface area (TPSA) is 41.6 Å². The molecule has 0 saturated carbocycles. The standard InChI is InChI=1S/C17H17Cl2FN2O2S/c18-15-9-13(16(19)25-15)17(23)21-10-14(22-5-7-24-8-6-22)11-1-3-12(20)4-2-11/h1-4,9,14H,5-8,10H2,(H,21,23). The molecule has 1 unspecified atom stereocenters. The molecule has 1 aromatic carbocycles. The molecular formula is C17H17Cl2FN2O2S. The number of thiophene rings is 1. The smallest absolute Gasteiger partial charge is 0.253 e. The summed E-state index contributed by atoms with van der Waals surface area (Å²) >= 11 is 13.1. The van der Waals surface area contributed by atoms with Crippen molar-refractivity contribution in [2.45, 2.75) is 6.04 Å². The average Bonchev–Trinajstić information content (AvgIpc) is 2.96. The Balaban J connectivity index is 1.74. The third-order valence-electron chi connectivity index (χ3n) is 4.10. The molecule has 8 heteroatoms. The zero-order valence-electron chi connectivity index (χ0n) is 13.3. The van der Waals surface area contributed by atoms with E-state index < -0.39 is 0 Å². The second kappa shape index (κ2) is 8.47. The first-order valence-electron chi connectivity index (χ1n) is 7.85. The molecule has 3 rings (SSSR count). The van der Waals surface area contributed by atoms with Gasteiger partial charge in [0.1, 0.15) is 10.2 Å². The second-order valence-electron chi connectivity index (χ2n) is 5.66. The van der Waals surface area contributed by atoms with Gasteiger partial charge in [0.2, 0.25) is 0 Å². The average molecular weight is 403 g/mol. The van der Waals surface area contributed by atoms with Crippen molar-refractivity contribution in [2.75, 3.05) is 32.8 Å². The number of hydrogen-bond acceptors (Lipinski definition) is 4. The van der Waals surface area contributed by atoms with Gasteiger partial charge in [-0.25, -0.2) is 4.39 Å². The van der Waals surface area contributed by atoms with Crippen molar-refractivity contribution in [2.24, 2.45) is 0 Å². The van der Waals surface area contributed by atoms with Gasteiger partial charge in [0, 0.05) is 19.6 Å². The first kappa shape index (κ1) is 18.6. The molecule has 1 aromatic heterocycles. The van der Waals surface area contributed by atoms with Crippen LogP contribution in [0.15, 0.2) is 30.3 Å². The summed E-state index contributed by atoms with van der Waals surface area (Å²) in [6, 6.07) is 7.85. The van der Waals surface area contributed by atoms with Crippen molar-refractivity contribution in [1.29, 1.82) is 0 Å². The lowest BCUT2D eigenvalue weighted by Crippen LogP contribution is -2.43. The summed E-state index contributed by atoms with van der Waals surface area (Å²) in [6.07, 6.45) is 0. The van der Waals surface area contributed by atoms with Gasteiger partial charge in [-0.3, -0.25) is 9.69 Å². The lowest BCUT2D eigenvalue weighted by Gasteiger charge is -2.35. The van der Waals surface area contributed by atoms with E-state index in [1.54, 1.807) is 18.2 Å². The molecule has 1 fully saturated rings. The molecule has 1 saturated heterocycles. The van der Waals surface area contributed by atoms with Crippen LogP contribution in [0.5, 0.6) is 0 Å². The normalized spacial score (nSPS) is 16.6. The lowest BCUT2D eigenvalue weighted by molar-refractivity contribution is 0.0162. The molecule has 0 aliphatic carbocycles. The van der Waals surface area contributed by atoms with E-state index in [1.165, 1.54) is 12.1 Å². The van der Waals surface area contributed by atoms with Crippen LogP contribution in [-0.2, 0) is 4.74 Å². The Labute approximate surface area is 159 Å². The molecule has 1 aliphatic heterocycles. The summed E-state index contributed by atoms with van der Waals surface area (Å²) < 4.78 is 19.5. The molecular weight excluding hydrogens is 386 g/mol. The Kier molecular flexibility index (Phi) is 6.30. The van der Waals surface area contributed by atoms with E-state index in [4.69, 9.17) is 27.9 Å². The summed E-state index contributed by atoms with van der Waals surface area (Å²) in [7, 11) is 0. The molecule has 2 heterocycles. The first-order chi connectivity index (χ1) is 12.0. The zero-order chi connectivity index (χ0) is 17.8. The molecule has 1 atom stereocenters. The fraction of sp³-hybridized carbons (Fsp3) is 0.353. The maximum absolute atomic E-state index is 13.2. The Bertz CT molecular complexity index is 733. The summed E-state index contributed by atoms with van der Waals surface area (Å²) in [5.41, 5.74) is 1.31. The van der Waals surface area contributed by atoms with E-state index in [-0.39, 0.29) is 17.8 Å². The largest absolute Gasteiger partial charge is 0.379 e. The molecule has 4 nitrogen and oxygen atoms in total. The minimum Gasteiger partial charge on any atom is -0.379 e. The van der Waals surface area contributed by atoms with Crippen LogP contribution >= 0.6 is 34.5 Å². The number of halogens is 3. The third kappa shape index (κ3) is 4.71. The maximum Gasteiger partial charge on any atom is 0.253 e. The molecule has 1 N–H and O–H groups in total. The van der Waals surface area contributed by atoms with Crippen molar-refractivity contribution in [3.63, 3.8) is 0 Å². The van der Waals surface area contributed by atoms with Gasteiger partial charge in [-0.1, -0.05) is 35.3 Å². The summed E-state index contributed by atoms with van der Waals surface area (Å²) in [5, 5.41) is 2.91. The number of hydrogen-bond donors (Lipinski definition) is 1. The van der Waals surface area contributed by atoms with E-state index in [0.29, 0.717) is 34.0 Å². The van der Waals surface area contributed by atoms with E-state index in [2.05, 4.69) is 10.2 Å². The van der Waals surface area contributed by atoms with Crippen molar-refractivity contribution < 1.29 is 13.9 Å². The summed E-state index contributed by atoms with van der Waals surface area (Å²) in [6.45, 7) is 3.16. The van der Waals surface area contributed by atoms with Crippen LogP contribution in [0.3, 0.4) is 0 Å². The molecule has 1 amide bonds. The highest BCUT2D eigenvalue weighted by Crippen LogP contribution is 2.31. The van der Waals surface area contributed by atoms with E-state index in [0.717, 1.165) is 30.0 Å². The fourth-order valence-electron chi connectivity index (χ4n) is 2.81. The Hall–Kier alpha value is -1.18. The maximum atomic E-state index is 13.2. The van der Waals surface area contributed by atoms with Crippen LogP contribution in [0.4, 0.5) is 4.39 Å². The predicted molar refractivity (Wildman–Crippen MR) is 98.2 cm³/mol. The number of amides is 1. The van der Waals surface area contributed by atoms with Crippen LogP contribution < -0.4 is 5.32 Å². The lowest BCUT2D eigenvalue weighted by atomic mass is 10.0. The van der Waals surface area contributed by atoms with Crippen LogP contribution in [0, 0.1) is 5.82 Å². The van der Waals surface area contributed by atoms with Gasteiger partial charge in [-0.05, 0) is 23.8 Å². The van der Waals surface area contributed by atoms with Crippen molar-refractivity contribution in [1.82, 2.24) is 10.2 Å². The number of rotatable bonds is 5. The summed E-state index contributed by atoms with van der Waals surface area (Å²) in [5.74, 6) is -0.554. The molecule has 25 heavy (non-hydrogen) atoms.